The van der Waals surface area contributed by atoms with Gasteiger partial charge in [0.1, 0.15) is 0 Å². The van der Waals surface area contributed by atoms with Gasteiger partial charge < -0.3 is 14.5 Å². The van der Waals surface area contributed by atoms with E-state index in [2.05, 4.69) is 20.8 Å². The first-order valence-corrected chi connectivity index (χ1v) is 8.09. The van der Waals surface area contributed by atoms with Crippen molar-refractivity contribution < 1.29 is 9.53 Å². The van der Waals surface area contributed by atoms with Crippen molar-refractivity contribution in [3.63, 3.8) is 0 Å². The van der Waals surface area contributed by atoms with Crippen LogP contribution in [0, 0.1) is 0 Å². The number of hydrogen-bond acceptors (Lipinski definition) is 3. The minimum Gasteiger partial charge on any atom is -0.378 e. The van der Waals surface area contributed by atoms with Crippen LogP contribution in [0.3, 0.4) is 0 Å². The number of carbonyl (C=O) groups is 1. The van der Waals surface area contributed by atoms with Gasteiger partial charge in [-0.25, -0.2) is 0 Å². The summed E-state index contributed by atoms with van der Waals surface area (Å²) in [6, 6.07) is 0. The van der Waals surface area contributed by atoms with E-state index in [1.807, 2.05) is 4.90 Å². The van der Waals surface area contributed by atoms with Crippen molar-refractivity contribution in [1.82, 2.24) is 9.80 Å². The number of alkyl halides is 1. The molecule has 0 saturated carbocycles. The molecule has 2 saturated heterocycles. The summed E-state index contributed by atoms with van der Waals surface area (Å²) in [6.45, 7) is 5.80. The van der Waals surface area contributed by atoms with E-state index in [9.17, 15) is 4.79 Å². The summed E-state index contributed by atoms with van der Waals surface area (Å²) in [4.78, 5) is 16.6. The van der Waals surface area contributed by atoms with Gasteiger partial charge in [0.15, 0.2) is 0 Å². The maximum atomic E-state index is 12.2. The fourth-order valence-corrected chi connectivity index (χ4v) is 3.19. The van der Waals surface area contributed by atoms with Crippen LogP contribution < -0.4 is 0 Å². The predicted molar refractivity (Wildman–Crippen MR) is 75.0 cm³/mol. The van der Waals surface area contributed by atoms with Crippen LogP contribution in [0.5, 0.6) is 0 Å². The number of nitrogens with zero attached hydrogens (tertiary/aromatic N) is 2. The van der Waals surface area contributed by atoms with E-state index in [1.54, 1.807) is 0 Å². The molecule has 1 unspecified atom stereocenters. The molecule has 0 radical (unpaired) electrons. The molecule has 1 amide bonds. The first-order chi connectivity index (χ1) is 8.79. The molecule has 2 heterocycles. The lowest BCUT2D eigenvalue weighted by atomic mass is 10.1. The smallest absolute Gasteiger partial charge is 0.225 e. The van der Waals surface area contributed by atoms with Crippen LogP contribution in [-0.2, 0) is 9.53 Å². The highest BCUT2D eigenvalue weighted by molar-refractivity contribution is 9.09. The van der Waals surface area contributed by atoms with Gasteiger partial charge in [-0.3, -0.25) is 4.79 Å². The Labute approximate surface area is 118 Å². The molecule has 0 aromatic carbocycles. The summed E-state index contributed by atoms with van der Waals surface area (Å²) < 4.78 is 5.54. The van der Waals surface area contributed by atoms with Crippen molar-refractivity contribution >= 4 is 21.8 Å². The summed E-state index contributed by atoms with van der Waals surface area (Å²) in [5, 5.41) is 1.01. The quantitative estimate of drug-likeness (QED) is 0.736. The van der Waals surface area contributed by atoms with Crippen LogP contribution in [0.2, 0.25) is 0 Å². The minimum absolute atomic E-state index is 0.180. The SMILES string of the molecule is O=C(CC1CCCO1)N1CCCN(CCBr)CC1. The van der Waals surface area contributed by atoms with Crippen LogP contribution in [0.1, 0.15) is 25.7 Å². The van der Waals surface area contributed by atoms with Crippen molar-refractivity contribution in [1.29, 1.82) is 0 Å². The fourth-order valence-electron chi connectivity index (χ4n) is 2.69. The van der Waals surface area contributed by atoms with Crippen molar-refractivity contribution in [2.45, 2.75) is 31.8 Å². The van der Waals surface area contributed by atoms with E-state index in [-0.39, 0.29) is 12.0 Å². The Hall–Kier alpha value is -0.130. The van der Waals surface area contributed by atoms with Crippen molar-refractivity contribution in [2.75, 3.05) is 44.7 Å². The highest BCUT2D eigenvalue weighted by Gasteiger charge is 2.24. The summed E-state index contributed by atoms with van der Waals surface area (Å²) in [5.74, 6) is 0.280. The molecule has 0 spiro atoms. The predicted octanol–water partition coefficient (Wildman–Crippen LogP) is 1.48. The lowest BCUT2D eigenvalue weighted by Crippen LogP contribution is -2.37. The summed E-state index contributed by atoms with van der Waals surface area (Å²) in [5.41, 5.74) is 0. The number of amides is 1. The van der Waals surface area contributed by atoms with Gasteiger partial charge in [0.25, 0.3) is 0 Å². The average molecular weight is 319 g/mol. The Kier molecular flexibility index (Phi) is 5.92. The van der Waals surface area contributed by atoms with E-state index in [1.165, 1.54) is 0 Å². The molecule has 5 heteroatoms. The van der Waals surface area contributed by atoms with Gasteiger partial charge in [-0.05, 0) is 25.8 Å². The minimum atomic E-state index is 0.180. The molecular weight excluding hydrogens is 296 g/mol. The number of ether oxygens (including phenoxy) is 1. The number of carbonyl (C=O) groups excluding carboxylic acids is 1. The highest BCUT2D eigenvalue weighted by Crippen LogP contribution is 2.17. The Balaban J connectivity index is 1.76. The zero-order valence-electron chi connectivity index (χ0n) is 10.9. The third-order valence-corrected chi connectivity index (χ3v) is 4.12. The lowest BCUT2D eigenvalue weighted by Gasteiger charge is -2.22. The third kappa shape index (κ3) is 4.21. The van der Waals surface area contributed by atoms with Gasteiger partial charge in [0, 0.05) is 38.1 Å². The maximum Gasteiger partial charge on any atom is 0.225 e. The van der Waals surface area contributed by atoms with Crippen LogP contribution in [-0.4, -0.2) is 66.5 Å². The second-order valence-corrected chi connectivity index (χ2v) is 5.90. The van der Waals surface area contributed by atoms with Gasteiger partial charge >= 0.3 is 0 Å². The van der Waals surface area contributed by atoms with Crippen molar-refractivity contribution in [3.8, 4) is 0 Å². The Morgan fingerprint density at radius 3 is 2.83 bits per heavy atom. The third-order valence-electron chi connectivity index (χ3n) is 3.77. The molecule has 2 aliphatic heterocycles. The lowest BCUT2D eigenvalue weighted by molar-refractivity contribution is -0.133. The Bertz CT molecular complexity index is 270. The fraction of sp³-hybridized carbons (Fsp3) is 0.923. The average Bonchev–Trinajstić information content (AvgIpc) is 2.74. The molecule has 1 atom stereocenters. The molecule has 0 N–H and O–H groups in total. The van der Waals surface area contributed by atoms with Gasteiger partial charge in [0.2, 0.25) is 5.91 Å². The second-order valence-electron chi connectivity index (χ2n) is 5.10. The topological polar surface area (TPSA) is 32.8 Å². The molecule has 0 aromatic heterocycles. The maximum absolute atomic E-state index is 12.2. The van der Waals surface area contributed by atoms with Gasteiger partial charge in [0.05, 0.1) is 12.5 Å². The summed E-state index contributed by atoms with van der Waals surface area (Å²) in [7, 11) is 0. The van der Waals surface area contributed by atoms with Crippen LogP contribution in [0.25, 0.3) is 0 Å². The number of halogens is 1. The number of hydrogen-bond donors (Lipinski definition) is 0. The molecular formula is C13H23BrN2O2. The number of rotatable bonds is 4. The first kappa shape index (κ1) is 14.3. The van der Waals surface area contributed by atoms with E-state index in [4.69, 9.17) is 4.74 Å². The summed E-state index contributed by atoms with van der Waals surface area (Å²) >= 11 is 3.47. The molecule has 0 aliphatic carbocycles. The van der Waals surface area contributed by atoms with E-state index < -0.39 is 0 Å². The molecule has 2 rings (SSSR count). The van der Waals surface area contributed by atoms with Crippen LogP contribution >= 0.6 is 15.9 Å². The second kappa shape index (κ2) is 7.46. The summed E-state index contributed by atoms with van der Waals surface area (Å²) in [6.07, 6.45) is 4.01. The molecule has 2 fully saturated rings. The molecule has 18 heavy (non-hydrogen) atoms. The van der Waals surface area contributed by atoms with Gasteiger partial charge in [-0.15, -0.1) is 0 Å². The van der Waals surface area contributed by atoms with Gasteiger partial charge in [-0.1, -0.05) is 15.9 Å². The molecule has 0 aromatic rings. The van der Waals surface area contributed by atoms with Crippen molar-refractivity contribution in [2.24, 2.45) is 0 Å². The normalized spacial score (nSPS) is 26.3. The van der Waals surface area contributed by atoms with E-state index >= 15 is 0 Å². The highest BCUT2D eigenvalue weighted by atomic mass is 79.9. The zero-order chi connectivity index (χ0) is 12.8. The Morgan fingerprint density at radius 1 is 1.22 bits per heavy atom. The van der Waals surface area contributed by atoms with Crippen LogP contribution in [0.15, 0.2) is 0 Å². The first-order valence-electron chi connectivity index (χ1n) is 6.97. The van der Waals surface area contributed by atoms with Gasteiger partial charge in [-0.2, -0.15) is 0 Å². The zero-order valence-corrected chi connectivity index (χ0v) is 12.5. The Morgan fingerprint density at radius 2 is 2.11 bits per heavy atom. The standard InChI is InChI=1S/C13H23BrN2O2/c14-4-7-15-5-2-6-16(9-8-15)13(17)11-12-3-1-10-18-12/h12H,1-11H2. The molecule has 2 aliphatic rings. The van der Waals surface area contributed by atoms with Crippen molar-refractivity contribution in [3.05, 3.63) is 0 Å². The molecule has 0 bridgehead atoms. The monoisotopic (exact) mass is 318 g/mol. The largest absolute Gasteiger partial charge is 0.378 e. The van der Waals surface area contributed by atoms with Crippen LogP contribution in [0.4, 0.5) is 0 Å². The molecule has 4 nitrogen and oxygen atoms in total. The van der Waals surface area contributed by atoms with E-state index in [0.717, 1.165) is 63.9 Å². The van der Waals surface area contributed by atoms with E-state index in [0.29, 0.717) is 6.42 Å². The molecule has 104 valence electrons.